The fourth-order valence-electron chi connectivity index (χ4n) is 3.46. The van der Waals surface area contributed by atoms with Crippen molar-refractivity contribution in [2.24, 2.45) is 0 Å². The van der Waals surface area contributed by atoms with Crippen LogP contribution in [0.1, 0.15) is 5.69 Å². The number of piperazine rings is 1. The molecule has 7 heteroatoms. The van der Waals surface area contributed by atoms with Crippen molar-refractivity contribution >= 4 is 23.1 Å². The van der Waals surface area contributed by atoms with E-state index in [1.165, 1.54) is 6.07 Å². The number of nitrogens with one attached hydrogen (secondary N) is 1. The van der Waals surface area contributed by atoms with Crippen LogP contribution in [0.3, 0.4) is 0 Å². The van der Waals surface area contributed by atoms with E-state index >= 15 is 0 Å². The van der Waals surface area contributed by atoms with Gasteiger partial charge in [-0.3, -0.25) is 0 Å². The molecule has 0 saturated carbocycles. The van der Waals surface area contributed by atoms with Crippen LogP contribution in [0.4, 0.5) is 27.5 Å². The summed E-state index contributed by atoms with van der Waals surface area (Å²) in [7, 11) is 1.64. The minimum absolute atomic E-state index is 0.176. The Labute approximate surface area is 170 Å². The number of aromatic nitrogens is 2. The van der Waals surface area contributed by atoms with Gasteiger partial charge >= 0.3 is 0 Å². The summed E-state index contributed by atoms with van der Waals surface area (Å²) < 4.78 is 19.3. The summed E-state index contributed by atoms with van der Waals surface area (Å²) in [5.41, 5.74) is 2.45. The SMILES string of the molecule is COc1ccc(Nc2nc(C)cc(N3CCN(c4ccccc4F)CC3)n2)cc1. The zero-order valence-electron chi connectivity index (χ0n) is 16.6. The van der Waals surface area contributed by atoms with Crippen molar-refractivity contribution in [2.45, 2.75) is 6.92 Å². The molecule has 3 aromatic rings. The van der Waals surface area contributed by atoms with Gasteiger partial charge in [0.2, 0.25) is 5.95 Å². The summed E-state index contributed by atoms with van der Waals surface area (Å²) in [4.78, 5) is 13.5. The number of methoxy groups -OCH3 is 1. The van der Waals surface area contributed by atoms with Gasteiger partial charge in [0.25, 0.3) is 0 Å². The summed E-state index contributed by atoms with van der Waals surface area (Å²) in [6, 6.07) is 16.5. The lowest BCUT2D eigenvalue weighted by Gasteiger charge is -2.37. The number of halogens is 1. The third kappa shape index (κ3) is 4.39. The van der Waals surface area contributed by atoms with E-state index < -0.39 is 0 Å². The first-order valence-corrected chi connectivity index (χ1v) is 9.63. The molecule has 0 atom stereocenters. The molecule has 4 rings (SSSR count). The largest absolute Gasteiger partial charge is 0.497 e. The van der Waals surface area contributed by atoms with Gasteiger partial charge < -0.3 is 19.9 Å². The molecule has 0 aliphatic carbocycles. The molecule has 0 radical (unpaired) electrons. The van der Waals surface area contributed by atoms with E-state index in [0.717, 1.165) is 49.1 Å². The Morgan fingerprint density at radius 2 is 1.62 bits per heavy atom. The predicted octanol–water partition coefficient (Wildman–Crippen LogP) is 4.00. The van der Waals surface area contributed by atoms with Gasteiger partial charge in [-0.1, -0.05) is 12.1 Å². The number of para-hydroxylation sites is 1. The number of aryl methyl sites for hydroxylation is 1. The smallest absolute Gasteiger partial charge is 0.229 e. The molecule has 0 amide bonds. The third-order valence-corrected chi connectivity index (χ3v) is 4.98. The van der Waals surface area contributed by atoms with Crippen LogP contribution in [0.5, 0.6) is 5.75 Å². The topological polar surface area (TPSA) is 53.5 Å². The monoisotopic (exact) mass is 393 g/mol. The lowest BCUT2D eigenvalue weighted by atomic mass is 10.2. The zero-order valence-corrected chi connectivity index (χ0v) is 16.6. The molecule has 1 N–H and O–H groups in total. The Morgan fingerprint density at radius 3 is 2.31 bits per heavy atom. The highest BCUT2D eigenvalue weighted by Crippen LogP contribution is 2.24. The summed E-state index contributed by atoms with van der Waals surface area (Å²) in [5, 5.41) is 3.25. The molecule has 1 aliphatic heterocycles. The second-order valence-corrected chi connectivity index (χ2v) is 6.97. The highest BCUT2D eigenvalue weighted by atomic mass is 19.1. The first kappa shape index (κ1) is 19.0. The van der Waals surface area contributed by atoms with Gasteiger partial charge in [-0.05, 0) is 43.3 Å². The number of benzene rings is 2. The maximum atomic E-state index is 14.1. The van der Waals surface area contributed by atoms with E-state index in [2.05, 4.69) is 20.1 Å². The molecule has 6 nitrogen and oxygen atoms in total. The van der Waals surface area contributed by atoms with E-state index in [1.54, 1.807) is 13.2 Å². The normalized spacial score (nSPS) is 14.0. The van der Waals surface area contributed by atoms with Crippen molar-refractivity contribution in [3.63, 3.8) is 0 Å². The Bertz CT molecular complexity index is 971. The second-order valence-electron chi connectivity index (χ2n) is 6.97. The lowest BCUT2D eigenvalue weighted by Crippen LogP contribution is -2.47. The van der Waals surface area contributed by atoms with Crippen LogP contribution in [0.25, 0.3) is 0 Å². The van der Waals surface area contributed by atoms with E-state index in [1.807, 2.05) is 49.4 Å². The average molecular weight is 393 g/mol. The van der Waals surface area contributed by atoms with E-state index in [0.29, 0.717) is 11.6 Å². The van der Waals surface area contributed by atoms with Gasteiger partial charge in [0, 0.05) is 43.6 Å². The van der Waals surface area contributed by atoms with Crippen LogP contribution >= 0.6 is 0 Å². The lowest BCUT2D eigenvalue weighted by molar-refractivity contribution is 0.415. The average Bonchev–Trinajstić information content (AvgIpc) is 2.74. The van der Waals surface area contributed by atoms with E-state index in [-0.39, 0.29) is 5.82 Å². The fraction of sp³-hybridized carbons (Fsp3) is 0.273. The summed E-state index contributed by atoms with van der Waals surface area (Å²) in [6.07, 6.45) is 0. The first-order valence-electron chi connectivity index (χ1n) is 9.63. The molecule has 0 spiro atoms. The molecule has 0 unspecified atom stereocenters. The van der Waals surface area contributed by atoms with Crippen molar-refractivity contribution < 1.29 is 9.13 Å². The van der Waals surface area contributed by atoms with Gasteiger partial charge in [0.05, 0.1) is 12.8 Å². The Kier molecular flexibility index (Phi) is 5.46. The summed E-state index contributed by atoms with van der Waals surface area (Å²) in [6.45, 7) is 4.98. The van der Waals surface area contributed by atoms with Crippen molar-refractivity contribution in [3.8, 4) is 5.75 Å². The van der Waals surface area contributed by atoms with E-state index in [9.17, 15) is 4.39 Å². The van der Waals surface area contributed by atoms with Gasteiger partial charge in [0.15, 0.2) is 0 Å². The minimum Gasteiger partial charge on any atom is -0.497 e. The van der Waals surface area contributed by atoms with Gasteiger partial charge in [-0.2, -0.15) is 4.98 Å². The molecule has 1 fully saturated rings. The van der Waals surface area contributed by atoms with Crippen LogP contribution < -0.4 is 19.9 Å². The maximum Gasteiger partial charge on any atom is 0.229 e. The van der Waals surface area contributed by atoms with Crippen LogP contribution in [0, 0.1) is 12.7 Å². The molecule has 1 aromatic heterocycles. The molecule has 150 valence electrons. The molecule has 1 aliphatic rings. The van der Waals surface area contributed by atoms with Crippen LogP contribution in [-0.4, -0.2) is 43.3 Å². The number of hydrogen-bond donors (Lipinski definition) is 1. The van der Waals surface area contributed by atoms with Crippen LogP contribution in [-0.2, 0) is 0 Å². The number of nitrogens with zero attached hydrogens (tertiary/aromatic N) is 4. The van der Waals surface area contributed by atoms with Crippen molar-refractivity contribution in [2.75, 3.05) is 48.4 Å². The molecular weight excluding hydrogens is 369 g/mol. The number of rotatable bonds is 5. The van der Waals surface area contributed by atoms with Crippen molar-refractivity contribution in [3.05, 3.63) is 66.1 Å². The number of hydrogen-bond acceptors (Lipinski definition) is 6. The van der Waals surface area contributed by atoms with Crippen molar-refractivity contribution in [1.82, 2.24) is 9.97 Å². The van der Waals surface area contributed by atoms with Crippen LogP contribution in [0.2, 0.25) is 0 Å². The zero-order chi connectivity index (χ0) is 20.2. The van der Waals surface area contributed by atoms with Crippen molar-refractivity contribution in [1.29, 1.82) is 0 Å². The Hall–Kier alpha value is -3.35. The summed E-state index contributed by atoms with van der Waals surface area (Å²) in [5.74, 6) is 2.06. The molecular formula is C22H24FN5O. The standard InChI is InChI=1S/C22H24FN5O/c1-16-15-21(26-22(24-16)25-17-7-9-18(29-2)10-8-17)28-13-11-27(12-14-28)20-6-4-3-5-19(20)23/h3-10,15H,11-14H2,1-2H3,(H,24,25,26). The number of anilines is 4. The molecule has 1 saturated heterocycles. The Balaban J connectivity index is 1.46. The van der Waals surface area contributed by atoms with E-state index in [4.69, 9.17) is 9.72 Å². The predicted molar refractivity (Wildman–Crippen MR) is 114 cm³/mol. The molecule has 2 aromatic carbocycles. The first-order chi connectivity index (χ1) is 14.1. The van der Waals surface area contributed by atoms with Gasteiger partial charge in [-0.25, -0.2) is 9.37 Å². The minimum atomic E-state index is -0.176. The molecule has 2 heterocycles. The van der Waals surface area contributed by atoms with Gasteiger partial charge in [-0.15, -0.1) is 0 Å². The maximum absolute atomic E-state index is 14.1. The molecule has 0 bridgehead atoms. The molecule has 29 heavy (non-hydrogen) atoms. The van der Waals surface area contributed by atoms with Gasteiger partial charge in [0.1, 0.15) is 17.4 Å². The third-order valence-electron chi connectivity index (χ3n) is 4.98. The highest BCUT2D eigenvalue weighted by molar-refractivity contribution is 5.57. The summed E-state index contributed by atoms with van der Waals surface area (Å²) >= 11 is 0. The fourth-order valence-corrected chi connectivity index (χ4v) is 3.46. The highest BCUT2D eigenvalue weighted by Gasteiger charge is 2.21. The second kappa shape index (κ2) is 8.34. The Morgan fingerprint density at radius 1 is 0.931 bits per heavy atom. The number of ether oxygens (including phenoxy) is 1. The quantitative estimate of drug-likeness (QED) is 0.707. The van der Waals surface area contributed by atoms with Crippen LogP contribution in [0.15, 0.2) is 54.6 Å².